The minimum atomic E-state index is -0.373. The fourth-order valence-corrected chi connectivity index (χ4v) is 1.24. The van der Waals surface area contributed by atoms with Crippen molar-refractivity contribution in [3.8, 4) is 0 Å². The molecule has 0 fully saturated rings. The van der Waals surface area contributed by atoms with Crippen LogP contribution in [0.15, 0.2) is 0 Å². The summed E-state index contributed by atoms with van der Waals surface area (Å²) < 4.78 is 5.99. The summed E-state index contributed by atoms with van der Waals surface area (Å²) in [6.07, 6.45) is 0. The van der Waals surface area contributed by atoms with Gasteiger partial charge in [0.1, 0.15) is 6.54 Å². The minimum Gasteiger partial charge on any atom is -0.468 e. The fraction of sp³-hybridized carbons (Fsp3) is 0.556. The number of aliphatic hydroxyl groups excluding tert-OH is 1. The van der Waals surface area contributed by atoms with Crippen LogP contribution in [0, 0.1) is 13.8 Å². The predicted molar refractivity (Wildman–Crippen MR) is 49.6 cm³/mol. The molecule has 0 bridgehead atoms. The highest BCUT2D eigenvalue weighted by Crippen LogP contribution is 2.12. The van der Waals surface area contributed by atoms with Crippen LogP contribution in [0.4, 0.5) is 0 Å². The number of esters is 1. The molecule has 0 spiro atoms. The largest absolute Gasteiger partial charge is 0.468 e. The number of rotatable bonds is 3. The van der Waals surface area contributed by atoms with Crippen molar-refractivity contribution in [2.24, 2.45) is 0 Å². The van der Waals surface area contributed by atoms with Gasteiger partial charge in [-0.3, -0.25) is 9.48 Å². The number of hydrogen-bond donors (Lipinski definition) is 1. The van der Waals surface area contributed by atoms with Crippen LogP contribution in [0.5, 0.6) is 0 Å². The summed E-state index contributed by atoms with van der Waals surface area (Å²) in [6.45, 7) is 3.62. The number of nitrogens with zero attached hydrogens (tertiary/aromatic N) is 2. The van der Waals surface area contributed by atoms with Crippen LogP contribution in [0.2, 0.25) is 0 Å². The SMILES string of the molecule is COC(=O)Cn1nc(C)c(C)c1CO. The molecule has 1 N–H and O–H groups in total. The Morgan fingerprint density at radius 1 is 1.57 bits per heavy atom. The van der Waals surface area contributed by atoms with Gasteiger partial charge in [-0.15, -0.1) is 0 Å². The molecule has 0 aliphatic rings. The Balaban J connectivity index is 2.96. The minimum absolute atomic E-state index is 0.0427. The first-order valence-electron chi connectivity index (χ1n) is 4.30. The van der Waals surface area contributed by atoms with Gasteiger partial charge in [0, 0.05) is 0 Å². The summed E-state index contributed by atoms with van der Waals surface area (Å²) in [4.78, 5) is 11.0. The van der Waals surface area contributed by atoms with Crippen molar-refractivity contribution in [1.82, 2.24) is 9.78 Å². The van der Waals surface area contributed by atoms with Gasteiger partial charge in [-0.2, -0.15) is 5.10 Å². The summed E-state index contributed by atoms with van der Waals surface area (Å²) in [5, 5.41) is 13.2. The molecule has 5 nitrogen and oxygen atoms in total. The van der Waals surface area contributed by atoms with E-state index in [1.807, 2.05) is 13.8 Å². The number of methoxy groups -OCH3 is 1. The topological polar surface area (TPSA) is 64.4 Å². The lowest BCUT2D eigenvalue weighted by molar-refractivity contribution is -0.141. The Morgan fingerprint density at radius 2 is 2.21 bits per heavy atom. The van der Waals surface area contributed by atoms with Crippen molar-refractivity contribution in [3.05, 3.63) is 17.0 Å². The van der Waals surface area contributed by atoms with Crippen LogP contribution in [0.3, 0.4) is 0 Å². The summed E-state index contributed by atoms with van der Waals surface area (Å²) in [5.41, 5.74) is 2.39. The van der Waals surface area contributed by atoms with Crippen LogP contribution < -0.4 is 0 Å². The number of aliphatic hydroxyl groups is 1. The van der Waals surface area contributed by atoms with E-state index in [2.05, 4.69) is 9.84 Å². The third-order valence-corrected chi connectivity index (χ3v) is 2.21. The molecule has 1 aromatic heterocycles. The lowest BCUT2D eigenvalue weighted by Gasteiger charge is -2.03. The zero-order valence-corrected chi connectivity index (χ0v) is 8.57. The van der Waals surface area contributed by atoms with Gasteiger partial charge in [0.15, 0.2) is 0 Å². The quantitative estimate of drug-likeness (QED) is 0.703. The second kappa shape index (κ2) is 4.23. The summed E-state index contributed by atoms with van der Waals surface area (Å²) in [7, 11) is 1.32. The predicted octanol–water partition coefficient (Wildman–Crippen LogP) is 0.165. The van der Waals surface area contributed by atoms with Gasteiger partial charge in [-0.1, -0.05) is 0 Å². The van der Waals surface area contributed by atoms with Gasteiger partial charge in [-0.05, 0) is 19.4 Å². The standard InChI is InChI=1S/C9H14N2O3/c1-6-7(2)10-11(8(6)5-12)4-9(13)14-3/h12H,4-5H2,1-3H3. The Labute approximate surface area is 82.3 Å². The van der Waals surface area contributed by atoms with Crippen LogP contribution in [0.1, 0.15) is 17.0 Å². The van der Waals surface area contributed by atoms with E-state index in [9.17, 15) is 4.79 Å². The molecule has 0 radical (unpaired) electrons. The van der Waals surface area contributed by atoms with Gasteiger partial charge in [0.25, 0.3) is 0 Å². The van der Waals surface area contributed by atoms with Gasteiger partial charge in [0.05, 0.1) is 25.1 Å². The van der Waals surface area contributed by atoms with E-state index in [0.717, 1.165) is 11.3 Å². The number of carbonyl (C=O) groups is 1. The molecule has 78 valence electrons. The van der Waals surface area contributed by atoms with Crippen molar-refractivity contribution in [2.45, 2.75) is 27.0 Å². The third kappa shape index (κ3) is 1.93. The normalized spacial score (nSPS) is 10.3. The van der Waals surface area contributed by atoms with E-state index in [0.29, 0.717) is 5.69 Å². The maximum absolute atomic E-state index is 11.0. The molecule has 5 heteroatoms. The zero-order valence-electron chi connectivity index (χ0n) is 8.57. The first kappa shape index (κ1) is 10.7. The Hall–Kier alpha value is -1.36. The van der Waals surface area contributed by atoms with E-state index >= 15 is 0 Å². The average molecular weight is 198 g/mol. The van der Waals surface area contributed by atoms with Crippen molar-refractivity contribution >= 4 is 5.97 Å². The highest BCUT2D eigenvalue weighted by atomic mass is 16.5. The van der Waals surface area contributed by atoms with Crippen LogP contribution in [0.25, 0.3) is 0 Å². The molecule has 0 atom stereocenters. The lowest BCUT2D eigenvalue weighted by atomic mass is 10.2. The van der Waals surface area contributed by atoms with Gasteiger partial charge < -0.3 is 9.84 Å². The molecule has 0 aliphatic carbocycles. The molecular formula is C9H14N2O3. The Kier molecular flexibility index (Phi) is 3.24. The smallest absolute Gasteiger partial charge is 0.327 e. The molecule has 0 aromatic carbocycles. The molecule has 0 amide bonds. The molecule has 1 heterocycles. The van der Waals surface area contributed by atoms with Gasteiger partial charge >= 0.3 is 5.97 Å². The van der Waals surface area contributed by atoms with Crippen molar-refractivity contribution in [2.75, 3.05) is 7.11 Å². The molecule has 0 saturated carbocycles. The molecule has 14 heavy (non-hydrogen) atoms. The van der Waals surface area contributed by atoms with Crippen LogP contribution in [-0.4, -0.2) is 28.0 Å². The van der Waals surface area contributed by atoms with Crippen LogP contribution in [-0.2, 0) is 22.7 Å². The molecule has 0 aliphatic heterocycles. The molecule has 1 aromatic rings. The van der Waals surface area contributed by atoms with E-state index < -0.39 is 0 Å². The van der Waals surface area contributed by atoms with E-state index in [4.69, 9.17) is 5.11 Å². The highest BCUT2D eigenvalue weighted by Gasteiger charge is 2.13. The van der Waals surface area contributed by atoms with Gasteiger partial charge in [0.2, 0.25) is 0 Å². The Morgan fingerprint density at radius 3 is 2.71 bits per heavy atom. The summed E-state index contributed by atoms with van der Waals surface area (Å²) in [5.74, 6) is -0.373. The number of aryl methyl sites for hydroxylation is 1. The maximum atomic E-state index is 11.0. The van der Waals surface area contributed by atoms with Crippen molar-refractivity contribution in [1.29, 1.82) is 0 Å². The van der Waals surface area contributed by atoms with E-state index in [1.54, 1.807) is 0 Å². The maximum Gasteiger partial charge on any atom is 0.327 e. The number of ether oxygens (including phenoxy) is 1. The summed E-state index contributed by atoms with van der Waals surface area (Å²) >= 11 is 0. The Bertz CT molecular complexity index is 344. The monoisotopic (exact) mass is 198 g/mol. The van der Waals surface area contributed by atoms with E-state index in [1.165, 1.54) is 11.8 Å². The number of carbonyl (C=O) groups excluding carboxylic acids is 1. The zero-order chi connectivity index (χ0) is 10.7. The number of aromatic nitrogens is 2. The lowest BCUT2D eigenvalue weighted by Crippen LogP contribution is -2.15. The molecule has 0 saturated heterocycles. The van der Waals surface area contributed by atoms with E-state index in [-0.39, 0.29) is 19.1 Å². The highest BCUT2D eigenvalue weighted by molar-refractivity contribution is 5.69. The first-order chi connectivity index (χ1) is 6.60. The number of hydrogen-bond acceptors (Lipinski definition) is 4. The van der Waals surface area contributed by atoms with Crippen LogP contribution >= 0.6 is 0 Å². The second-order valence-electron chi connectivity index (χ2n) is 3.05. The molecule has 1 rings (SSSR count). The van der Waals surface area contributed by atoms with Crippen molar-refractivity contribution in [3.63, 3.8) is 0 Å². The first-order valence-corrected chi connectivity index (χ1v) is 4.30. The fourth-order valence-electron chi connectivity index (χ4n) is 1.24. The van der Waals surface area contributed by atoms with Crippen molar-refractivity contribution < 1.29 is 14.6 Å². The molecule has 0 unspecified atom stereocenters. The third-order valence-electron chi connectivity index (χ3n) is 2.21. The average Bonchev–Trinajstić information content (AvgIpc) is 2.42. The summed E-state index contributed by atoms with van der Waals surface area (Å²) in [6, 6.07) is 0. The molecular weight excluding hydrogens is 184 g/mol. The second-order valence-corrected chi connectivity index (χ2v) is 3.05. The van der Waals surface area contributed by atoms with Gasteiger partial charge in [-0.25, -0.2) is 0 Å².